The molecule has 0 heterocycles. The van der Waals surface area contributed by atoms with Gasteiger partial charge in [-0.25, -0.2) is 4.79 Å². The lowest BCUT2D eigenvalue weighted by atomic mass is 10.0. The minimum Gasteiger partial charge on any atom is -0.463 e. The van der Waals surface area contributed by atoms with Crippen LogP contribution < -0.4 is 16.5 Å². The van der Waals surface area contributed by atoms with E-state index in [9.17, 15) is 22.8 Å². The summed E-state index contributed by atoms with van der Waals surface area (Å²) in [5.41, 5.74) is -0.559. The number of anilines is 2. The van der Waals surface area contributed by atoms with Crippen molar-refractivity contribution >= 4 is 35.7 Å². The fourth-order valence-electron chi connectivity index (χ4n) is 2.44. The van der Waals surface area contributed by atoms with Crippen LogP contribution in [0.1, 0.15) is 28.4 Å². The van der Waals surface area contributed by atoms with Gasteiger partial charge in [0, 0.05) is 23.0 Å². The van der Waals surface area contributed by atoms with Gasteiger partial charge in [0.2, 0.25) is 0 Å². The molecule has 0 bridgehead atoms. The molecule has 1 amide bonds. The number of hydrogen-bond acceptors (Lipinski definition) is 5. The minimum absolute atomic E-state index is 0.0532. The molecule has 10 heteroatoms. The van der Waals surface area contributed by atoms with Gasteiger partial charge in [0.05, 0.1) is 12.2 Å². The first-order valence-corrected chi connectivity index (χ1v) is 8.70. The molecule has 7 nitrogen and oxygen atoms in total. The van der Waals surface area contributed by atoms with E-state index >= 15 is 0 Å². The molecule has 4 N–H and O–H groups in total. The Labute approximate surface area is 170 Å². The Morgan fingerprint density at radius 3 is 2.60 bits per heavy atom. The van der Waals surface area contributed by atoms with Gasteiger partial charge in [0.25, 0.3) is 5.91 Å². The molecule has 30 heavy (non-hydrogen) atoms. The maximum atomic E-state index is 13.4. The minimum atomic E-state index is -4.69. The molecule has 0 spiro atoms. The Bertz CT molecular complexity index is 972. The van der Waals surface area contributed by atoms with Crippen LogP contribution in [-0.2, 0) is 15.7 Å². The van der Waals surface area contributed by atoms with Gasteiger partial charge in [0.1, 0.15) is 6.34 Å². The van der Waals surface area contributed by atoms with Crippen molar-refractivity contribution in [3.8, 4) is 0 Å². The molecule has 2 aromatic rings. The van der Waals surface area contributed by atoms with Gasteiger partial charge < -0.3 is 21.2 Å². The Morgan fingerprint density at radius 1 is 1.17 bits per heavy atom. The van der Waals surface area contributed by atoms with E-state index in [2.05, 4.69) is 20.5 Å². The van der Waals surface area contributed by atoms with Crippen molar-refractivity contribution in [2.45, 2.75) is 13.1 Å². The average molecular weight is 420 g/mol. The number of carbonyl (C=O) groups is 2. The largest absolute Gasteiger partial charge is 0.463 e. The standard InChI is InChI=1S/C20H19F3N4O3/c1-2-30-18(28)9-7-13-6-8-16(11-17(13)20(21,22)23)27-19(29)14-4-3-5-15(10-14)25-12-26-24/h3-12H,2,24H2,1H3,(H,25,26)(H,27,29). The fraction of sp³-hybridized carbons (Fsp3) is 0.150. The molecular formula is C20H19F3N4O3. The summed E-state index contributed by atoms with van der Waals surface area (Å²) in [6, 6.07) is 9.49. The lowest BCUT2D eigenvalue weighted by Crippen LogP contribution is -2.14. The monoisotopic (exact) mass is 420 g/mol. The van der Waals surface area contributed by atoms with Gasteiger partial charge in [-0.3, -0.25) is 4.79 Å². The number of rotatable bonds is 7. The number of amides is 1. The van der Waals surface area contributed by atoms with E-state index in [0.29, 0.717) is 5.69 Å². The van der Waals surface area contributed by atoms with Gasteiger partial charge in [-0.05, 0) is 48.9 Å². The highest BCUT2D eigenvalue weighted by Gasteiger charge is 2.33. The Balaban J connectivity index is 2.26. The second-order valence-corrected chi connectivity index (χ2v) is 5.84. The molecule has 0 radical (unpaired) electrons. The lowest BCUT2D eigenvalue weighted by molar-refractivity contribution is -0.138. The molecule has 2 aromatic carbocycles. The topological polar surface area (TPSA) is 106 Å². The second kappa shape index (κ2) is 10.1. The third-order valence-corrected chi connectivity index (χ3v) is 3.73. The van der Waals surface area contributed by atoms with Crippen LogP contribution in [0.15, 0.2) is 53.6 Å². The van der Waals surface area contributed by atoms with Crippen molar-refractivity contribution in [2.24, 2.45) is 10.9 Å². The Morgan fingerprint density at radius 2 is 1.93 bits per heavy atom. The third kappa shape index (κ3) is 6.36. The number of alkyl halides is 3. The summed E-state index contributed by atoms with van der Waals surface area (Å²) in [7, 11) is 0. The molecule has 0 unspecified atom stereocenters. The predicted molar refractivity (Wildman–Crippen MR) is 108 cm³/mol. The molecule has 0 aliphatic carbocycles. The predicted octanol–water partition coefficient (Wildman–Crippen LogP) is 3.85. The molecule has 2 rings (SSSR count). The number of nitrogens with two attached hydrogens (primary N) is 1. The van der Waals surface area contributed by atoms with E-state index < -0.39 is 23.6 Å². The van der Waals surface area contributed by atoms with E-state index in [1.54, 1.807) is 19.1 Å². The van der Waals surface area contributed by atoms with Crippen LogP contribution in [0, 0.1) is 0 Å². The number of carbonyl (C=O) groups excluding carboxylic acids is 2. The first kappa shape index (κ1) is 22.5. The second-order valence-electron chi connectivity index (χ2n) is 5.84. The molecular weight excluding hydrogens is 401 g/mol. The fourth-order valence-corrected chi connectivity index (χ4v) is 2.44. The van der Waals surface area contributed by atoms with Crippen LogP contribution in [0.5, 0.6) is 0 Å². The van der Waals surface area contributed by atoms with Crippen molar-refractivity contribution in [2.75, 3.05) is 17.2 Å². The summed E-state index contributed by atoms with van der Waals surface area (Å²) in [5.74, 6) is 3.64. The van der Waals surface area contributed by atoms with Crippen LogP contribution in [0.25, 0.3) is 6.08 Å². The van der Waals surface area contributed by atoms with Gasteiger partial charge in [-0.1, -0.05) is 12.1 Å². The molecule has 0 fully saturated rings. The van der Waals surface area contributed by atoms with Crippen LogP contribution in [-0.4, -0.2) is 24.8 Å². The van der Waals surface area contributed by atoms with Crippen molar-refractivity contribution in [1.29, 1.82) is 0 Å². The highest BCUT2D eigenvalue weighted by Crippen LogP contribution is 2.34. The van der Waals surface area contributed by atoms with Crippen molar-refractivity contribution < 1.29 is 27.5 Å². The van der Waals surface area contributed by atoms with Crippen molar-refractivity contribution in [3.63, 3.8) is 0 Å². The molecule has 0 saturated carbocycles. The van der Waals surface area contributed by atoms with Gasteiger partial charge in [-0.15, -0.1) is 0 Å². The molecule has 0 aliphatic rings. The SMILES string of the molecule is CCOC(=O)C=Cc1ccc(NC(=O)c2cccc(NC=NN)c2)cc1C(F)(F)F. The quantitative estimate of drug-likeness (QED) is 0.158. The summed E-state index contributed by atoms with van der Waals surface area (Å²) < 4.78 is 45.0. The highest BCUT2D eigenvalue weighted by molar-refractivity contribution is 6.05. The highest BCUT2D eigenvalue weighted by atomic mass is 19.4. The van der Waals surface area contributed by atoms with Gasteiger partial charge in [-0.2, -0.15) is 18.3 Å². The summed E-state index contributed by atoms with van der Waals surface area (Å²) in [5, 5.41) is 8.43. The molecule has 0 aromatic heterocycles. The number of halogens is 3. The number of hydrogen-bond donors (Lipinski definition) is 3. The Kier molecular flexibility index (Phi) is 7.56. The van der Waals surface area contributed by atoms with Crippen LogP contribution in [0.4, 0.5) is 24.5 Å². The summed E-state index contributed by atoms with van der Waals surface area (Å²) >= 11 is 0. The lowest BCUT2D eigenvalue weighted by Gasteiger charge is -2.13. The zero-order valence-electron chi connectivity index (χ0n) is 15.9. The van der Waals surface area contributed by atoms with E-state index in [1.165, 1.54) is 24.5 Å². The number of ether oxygens (including phenoxy) is 1. The maximum absolute atomic E-state index is 13.4. The molecule has 158 valence electrons. The number of esters is 1. The van der Waals surface area contributed by atoms with Gasteiger partial charge >= 0.3 is 12.1 Å². The van der Waals surface area contributed by atoms with Crippen LogP contribution >= 0.6 is 0 Å². The van der Waals surface area contributed by atoms with Crippen LogP contribution in [0.2, 0.25) is 0 Å². The first-order chi connectivity index (χ1) is 14.2. The first-order valence-electron chi connectivity index (χ1n) is 8.70. The van der Waals surface area contributed by atoms with E-state index in [4.69, 9.17) is 5.84 Å². The van der Waals surface area contributed by atoms with E-state index in [-0.39, 0.29) is 23.4 Å². The third-order valence-electron chi connectivity index (χ3n) is 3.73. The van der Waals surface area contributed by atoms with Gasteiger partial charge in [0.15, 0.2) is 0 Å². The van der Waals surface area contributed by atoms with Crippen molar-refractivity contribution in [3.05, 3.63) is 65.2 Å². The number of benzene rings is 2. The number of hydrazone groups is 1. The average Bonchev–Trinajstić information content (AvgIpc) is 2.71. The summed E-state index contributed by atoms with van der Waals surface area (Å²) in [6.45, 7) is 1.69. The molecule has 0 atom stereocenters. The van der Waals surface area contributed by atoms with Crippen molar-refractivity contribution in [1.82, 2.24) is 0 Å². The van der Waals surface area contributed by atoms with E-state index in [1.807, 2.05) is 0 Å². The summed E-state index contributed by atoms with van der Waals surface area (Å²) in [4.78, 5) is 23.8. The summed E-state index contributed by atoms with van der Waals surface area (Å²) in [6.07, 6.45) is -1.55. The smallest absolute Gasteiger partial charge is 0.417 e. The zero-order chi connectivity index (χ0) is 22.1. The van der Waals surface area contributed by atoms with E-state index in [0.717, 1.165) is 24.3 Å². The maximum Gasteiger partial charge on any atom is 0.417 e. The molecule has 0 saturated heterocycles. The number of nitrogens with one attached hydrogen (secondary N) is 2. The molecule has 0 aliphatic heterocycles. The Hall–Kier alpha value is -3.82. The zero-order valence-corrected chi connectivity index (χ0v) is 15.9. The number of nitrogens with zero attached hydrogens (tertiary/aromatic N) is 1. The normalized spacial score (nSPS) is 11.6. The van der Waals surface area contributed by atoms with Crippen LogP contribution in [0.3, 0.4) is 0 Å².